The Morgan fingerprint density at radius 2 is 2.05 bits per heavy atom. The molecule has 0 radical (unpaired) electrons. The van der Waals surface area contributed by atoms with E-state index in [1.54, 1.807) is 18.2 Å². The molecule has 0 heterocycles. The van der Waals surface area contributed by atoms with Crippen LogP contribution in [0.3, 0.4) is 0 Å². The van der Waals surface area contributed by atoms with Crippen LogP contribution in [0.2, 0.25) is 5.02 Å². The molecule has 0 aromatic heterocycles. The van der Waals surface area contributed by atoms with Crippen molar-refractivity contribution in [2.24, 2.45) is 0 Å². The van der Waals surface area contributed by atoms with Crippen molar-refractivity contribution in [3.8, 4) is 0 Å². The zero-order valence-corrected chi connectivity index (χ0v) is 12.2. The Morgan fingerprint density at radius 1 is 1.42 bits per heavy atom. The zero-order chi connectivity index (χ0) is 14.6. The third-order valence-electron chi connectivity index (χ3n) is 2.21. The number of carboxylic acids is 1. The number of carboxylic acid groups (broad SMARTS) is 1. The van der Waals surface area contributed by atoms with Gasteiger partial charge in [0, 0.05) is 4.47 Å². The second-order valence-electron chi connectivity index (χ2n) is 3.78. The first-order valence-corrected chi connectivity index (χ1v) is 6.42. The van der Waals surface area contributed by atoms with Crippen molar-refractivity contribution in [1.82, 2.24) is 5.32 Å². The highest BCUT2D eigenvalue weighted by Crippen LogP contribution is 2.25. The van der Waals surface area contributed by atoms with Crippen LogP contribution in [0.15, 0.2) is 22.7 Å². The first-order chi connectivity index (χ1) is 8.81. The number of amides is 2. The Labute approximate surface area is 122 Å². The summed E-state index contributed by atoms with van der Waals surface area (Å²) < 4.78 is 0.706. The van der Waals surface area contributed by atoms with Crippen molar-refractivity contribution in [3.05, 3.63) is 27.7 Å². The molecule has 1 aromatic carbocycles. The topological polar surface area (TPSA) is 98.7 Å². The van der Waals surface area contributed by atoms with Gasteiger partial charge in [-0.2, -0.15) is 0 Å². The van der Waals surface area contributed by atoms with Gasteiger partial charge in [0.15, 0.2) is 6.04 Å². The summed E-state index contributed by atoms with van der Waals surface area (Å²) in [6.07, 6.45) is -1.22. The summed E-state index contributed by atoms with van der Waals surface area (Å²) in [5.74, 6) is -1.33. The molecule has 2 atom stereocenters. The van der Waals surface area contributed by atoms with E-state index >= 15 is 0 Å². The summed E-state index contributed by atoms with van der Waals surface area (Å²) in [5, 5.41) is 22.9. The van der Waals surface area contributed by atoms with E-state index in [0.717, 1.165) is 0 Å². The van der Waals surface area contributed by atoms with Gasteiger partial charge >= 0.3 is 12.0 Å². The molecule has 1 rings (SSSR count). The number of aliphatic hydroxyl groups is 1. The fourth-order valence-corrected chi connectivity index (χ4v) is 1.81. The Hall–Kier alpha value is -1.31. The molecule has 0 saturated carbocycles. The van der Waals surface area contributed by atoms with E-state index in [9.17, 15) is 14.7 Å². The van der Waals surface area contributed by atoms with Crippen LogP contribution in [0.4, 0.5) is 10.5 Å². The van der Waals surface area contributed by atoms with Crippen LogP contribution >= 0.6 is 27.5 Å². The lowest BCUT2D eigenvalue weighted by Crippen LogP contribution is -2.49. The highest BCUT2D eigenvalue weighted by Gasteiger charge is 2.25. The minimum Gasteiger partial charge on any atom is -0.480 e. The lowest BCUT2D eigenvalue weighted by Gasteiger charge is -2.17. The smallest absolute Gasteiger partial charge is 0.328 e. The van der Waals surface area contributed by atoms with Gasteiger partial charge in [0.1, 0.15) is 0 Å². The fourth-order valence-electron chi connectivity index (χ4n) is 1.28. The number of hydrogen-bond donors (Lipinski definition) is 4. The number of halogens is 2. The minimum atomic E-state index is -1.40. The number of rotatable bonds is 4. The number of urea groups is 1. The van der Waals surface area contributed by atoms with Gasteiger partial charge in [-0.25, -0.2) is 9.59 Å². The molecule has 0 saturated heterocycles. The first-order valence-electron chi connectivity index (χ1n) is 5.24. The number of carbonyl (C=O) groups excluding carboxylic acids is 1. The van der Waals surface area contributed by atoms with Crippen LogP contribution in [0.1, 0.15) is 6.92 Å². The molecule has 0 bridgehead atoms. The molecule has 0 aliphatic rings. The van der Waals surface area contributed by atoms with E-state index < -0.39 is 24.1 Å². The van der Waals surface area contributed by atoms with E-state index in [4.69, 9.17) is 16.7 Å². The minimum absolute atomic E-state index is 0.308. The average molecular weight is 352 g/mol. The first kappa shape index (κ1) is 15.7. The van der Waals surface area contributed by atoms with Crippen molar-refractivity contribution in [3.63, 3.8) is 0 Å². The quantitative estimate of drug-likeness (QED) is 0.667. The second-order valence-corrected chi connectivity index (χ2v) is 5.10. The van der Waals surface area contributed by atoms with Gasteiger partial charge in [-0.3, -0.25) is 0 Å². The molecule has 0 unspecified atom stereocenters. The van der Waals surface area contributed by atoms with Gasteiger partial charge in [0.25, 0.3) is 0 Å². The molecule has 4 N–H and O–H groups in total. The van der Waals surface area contributed by atoms with Crippen molar-refractivity contribution < 1.29 is 19.8 Å². The molecule has 0 aliphatic carbocycles. The van der Waals surface area contributed by atoms with E-state index in [-0.39, 0.29) is 0 Å². The molecule has 2 amide bonds. The number of aliphatic carboxylic acids is 1. The predicted octanol–water partition coefficient (Wildman–Crippen LogP) is 2.06. The van der Waals surface area contributed by atoms with Gasteiger partial charge in [0.05, 0.1) is 16.8 Å². The van der Waals surface area contributed by atoms with E-state index in [2.05, 4.69) is 26.6 Å². The van der Waals surface area contributed by atoms with Gasteiger partial charge in [-0.1, -0.05) is 27.5 Å². The standard InChI is InChI=1S/C11H12BrClN2O4/c1-5(16)9(10(17)18)15-11(19)14-8-4-6(12)2-3-7(8)13/h2-5,9,16H,1H3,(H,17,18)(H2,14,15,19)/t5-,9+/m1/s1. The van der Waals surface area contributed by atoms with Crippen LogP contribution in [0.25, 0.3) is 0 Å². The second kappa shape index (κ2) is 6.74. The summed E-state index contributed by atoms with van der Waals surface area (Å²) in [6.45, 7) is 1.27. The summed E-state index contributed by atoms with van der Waals surface area (Å²) >= 11 is 9.09. The lowest BCUT2D eigenvalue weighted by molar-refractivity contribution is -0.141. The van der Waals surface area contributed by atoms with E-state index in [1.807, 2.05) is 0 Å². The van der Waals surface area contributed by atoms with Gasteiger partial charge in [0.2, 0.25) is 0 Å². The third kappa shape index (κ3) is 4.70. The van der Waals surface area contributed by atoms with Crippen molar-refractivity contribution in [2.45, 2.75) is 19.1 Å². The van der Waals surface area contributed by atoms with Crippen molar-refractivity contribution >= 4 is 45.2 Å². The summed E-state index contributed by atoms with van der Waals surface area (Å²) in [4.78, 5) is 22.4. The number of aliphatic hydroxyl groups excluding tert-OH is 1. The van der Waals surface area contributed by atoms with Crippen LogP contribution in [0.5, 0.6) is 0 Å². The molecular weight excluding hydrogens is 339 g/mol. The van der Waals surface area contributed by atoms with Crippen molar-refractivity contribution in [1.29, 1.82) is 0 Å². The number of nitrogens with one attached hydrogen (secondary N) is 2. The van der Waals surface area contributed by atoms with Gasteiger partial charge < -0.3 is 20.8 Å². The fraction of sp³-hybridized carbons (Fsp3) is 0.273. The Balaban J connectivity index is 2.74. The SMILES string of the molecule is C[C@@H](O)[C@H](NC(=O)Nc1cc(Br)ccc1Cl)C(=O)O. The number of carbonyl (C=O) groups is 2. The number of anilines is 1. The maximum absolute atomic E-state index is 11.6. The van der Waals surface area contributed by atoms with Gasteiger partial charge in [-0.15, -0.1) is 0 Å². The molecule has 0 fully saturated rings. The Kier molecular flexibility index (Phi) is 5.59. The zero-order valence-electron chi connectivity index (χ0n) is 9.85. The number of benzene rings is 1. The normalized spacial score (nSPS) is 13.5. The molecule has 0 aliphatic heterocycles. The predicted molar refractivity (Wildman–Crippen MR) is 74.4 cm³/mol. The molecule has 19 heavy (non-hydrogen) atoms. The maximum atomic E-state index is 11.6. The average Bonchev–Trinajstić information content (AvgIpc) is 2.30. The van der Waals surface area contributed by atoms with Crippen molar-refractivity contribution in [2.75, 3.05) is 5.32 Å². The highest BCUT2D eigenvalue weighted by atomic mass is 79.9. The Bertz CT molecular complexity index is 496. The number of hydrogen-bond acceptors (Lipinski definition) is 3. The van der Waals surface area contributed by atoms with E-state index in [1.165, 1.54) is 6.92 Å². The highest BCUT2D eigenvalue weighted by molar-refractivity contribution is 9.10. The monoisotopic (exact) mass is 350 g/mol. The van der Waals surface area contributed by atoms with Crippen LogP contribution in [0, 0.1) is 0 Å². The lowest BCUT2D eigenvalue weighted by atomic mass is 10.2. The maximum Gasteiger partial charge on any atom is 0.328 e. The molecule has 8 heteroatoms. The third-order valence-corrected chi connectivity index (χ3v) is 3.03. The molecule has 1 aromatic rings. The van der Waals surface area contributed by atoms with Gasteiger partial charge in [-0.05, 0) is 25.1 Å². The summed E-state index contributed by atoms with van der Waals surface area (Å²) in [5.41, 5.74) is 0.322. The molecule has 104 valence electrons. The van der Waals surface area contributed by atoms with E-state index in [0.29, 0.717) is 15.2 Å². The molecule has 6 nitrogen and oxygen atoms in total. The largest absolute Gasteiger partial charge is 0.480 e. The van der Waals surface area contributed by atoms with Crippen LogP contribution in [-0.2, 0) is 4.79 Å². The summed E-state index contributed by atoms with van der Waals surface area (Å²) in [6, 6.07) is 2.67. The van der Waals surface area contributed by atoms with Crippen LogP contribution < -0.4 is 10.6 Å². The van der Waals surface area contributed by atoms with Crippen LogP contribution in [-0.4, -0.2) is 34.4 Å². The Morgan fingerprint density at radius 3 is 2.58 bits per heavy atom. The molecular formula is C11H12BrClN2O4. The molecule has 0 spiro atoms. The summed E-state index contributed by atoms with van der Waals surface area (Å²) in [7, 11) is 0.